The van der Waals surface area contributed by atoms with E-state index in [4.69, 9.17) is 0 Å². The molecule has 0 aromatic carbocycles. The maximum absolute atomic E-state index is 3.10. The van der Waals surface area contributed by atoms with Crippen LogP contribution in [0.15, 0.2) is 0 Å². The molecule has 1 rings (SSSR count). The third-order valence-corrected chi connectivity index (χ3v) is 0.814. The fourth-order valence-electron chi connectivity index (χ4n) is 0.510. The third kappa shape index (κ3) is 0.469. The molecule has 0 radical (unpaired) electrons. The summed E-state index contributed by atoms with van der Waals surface area (Å²) in [6, 6.07) is 0. The zero-order chi connectivity index (χ0) is 3.54. The summed E-state index contributed by atoms with van der Waals surface area (Å²) in [6.45, 7) is 1.19. The summed E-state index contributed by atoms with van der Waals surface area (Å²) >= 11 is 0. The molecule has 0 bridgehead atoms. The average Bonchev–Trinajstić information content (AvgIpc) is 1.76. The lowest BCUT2D eigenvalue weighted by molar-refractivity contribution is -0.442. The molecule has 0 aromatic heterocycles. The van der Waals surface area contributed by atoms with Gasteiger partial charge in [-0.2, -0.15) is 0 Å². The maximum Gasteiger partial charge on any atom is 0.141 e. The van der Waals surface area contributed by atoms with Crippen molar-refractivity contribution in [2.75, 3.05) is 6.54 Å². The van der Waals surface area contributed by atoms with Gasteiger partial charge in [-0.3, -0.25) is 4.99 Å². The summed E-state index contributed by atoms with van der Waals surface area (Å²) in [5.74, 6) is 0. The predicted octanol–water partition coefficient (Wildman–Crippen LogP) is -1.07. The Morgan fingerprint density at radius 1 is 1.60 bits per heavy atom. The van der Waals surface area contributed by atoms with Crippen molar-refractivity contribution in [2.24, 2.45) is 0 Å². The molecule has 0 spiro atoms. The van der Waals surface area contributed by atoms with Gasteiger partial charge in [0, 0.05) is 12.8 Å². The van der Waals surface area contributed by atoms with Crippen molar-refractivity contribution in [3.63, 3.8) is 0 Å². The lowest BCUT2D eigenvalue weighted by Gasteiger charge is -1.61. The van der Waals surface area contributed by atoms with E-state index in [-0.39, 0.29) is 0 Å². The molecule has 0 amide bonds. The first kappa shape index (κ1) is 2.88. The fourth-order valence-corrected chi connectivity index (χ4v) is 0.510. The molecule has 28 valence electrons. The minimum atomic E-state index is 1.19. The second-order valence-electron chi connectivity index (χ2n) is 1.30. The first-order valence-electron chi connectivity index (χ1n) is 2.05. The Morgan fingerprint density at radius 2 is 2.60 bits per heavy atom. The van der Waals surface area contributed by atoms with Gasteiger partial charge in [0.25, 0.3) is 0 Å². The largest absolute Gasteiger partial charge is 0.252 e. The molecule has 0 saturated carbocycles. The van der Waals surface area contributed by atoms with Crippen molar-refractivity contribution in [2.45, 2.75) is 12.8 Å². The van der Waals surface area contributed by atoms with Crippen molar-refractivity contribution < 1.29 is 4.99 Å². The molecular weight excluding hydrogens is 62.1 g/mol. The van der Waals surface area contributed by atoms with Crippen LogP contribution < -0.4 is 4.99 Å². The van der Waals surface area contributed by atoms with Crippen LogP contribution in [0.2, 0.25) is 0 Å². The molecule has 1 nitrogen and oxygen atoms in total. The van der Waals surface area contributed by atoms with Crippen LogP contribution in [0.5, 0.6) is 0 Å². The molecule has 1 heterocycles. The highest BCUT2D eigenvalue weighted by Gasteiger charge is 1.93. The topological polar surface area (TPSA) is 14.0 Å². The van der Waals surface area contributed by atoms with Crippen molar-refractivity contribution in [1.29, 1.82) is 0 Å². The van der Waals surface area contributed by atoms with E-state index in [1.54, 1.807) is 0 Å². The Labute approximate surface area is 31.7 Å². The molecular formula is C4H8N+. The number of nitrogens with one attached hydrogen (secondary N) is 1. The van der Waals surface area contributed by atoms with Gasteiger partial charge in [-0.1, -0.05) is 0 Å². The van der Waals surface area contributed by atoms with Crippen LogP contribution >= 0.6 is 0 Å². The van der Waals surface area contributed by atoms with E-state index in [1.165, 1.54) is 19.4 Å². The van der Waals surface area contributed by atoms with Gasteiger partial charge in [0.15, 0.2) is 0 Å². The molecule has 0 fully saturated rings. The standard InChI is InChI=1S/C4H7N/c1-2-4-5-3-1/h3H,1-2,4H2/p+1. The summed E-state index contributed by atoms with van der Waals surface area (Å²) in [6.07, 6.45) is 4.71. The van der Waals surface area contributed by atoms with Crippen molar-refractivity contribution >= 4 is 6.21 Å². The maximum atomic E-state index is 3.10. The quantitative estimate of drug-likeness (QED) is 0.373. The van der Waals surface area contributed by atoms with Crippen molar-refractivity contribution in [3.8, 4) is 0 Å². The van der Waals surface area contributed by atoms with Gasteiger partial charge in [-0.25, -0.2) is 0 Å². The molecule has 1 heteroatoms. The second-order valence-corrected chi connectivity index (χ2v) is 1.30. The van der Waals surface area contributed by atoms with Crippen LogP contribution in [0.1, 0.15) is 12.8 Å². The Bertz CT molecular complexity index is 41.6. The Kier molecular flexibility index (Phi) is 0.692. The van der Waals surface area contributed by atoms with Gasteiger partial charge >= 0.3 is 0 Å². The van der Waals surface area contributed by atoms with Crippen LogP contribution in [0, 0.1) is 0 Å². The van der Waals surface area contributed by atoms with E-state index >= 15 is 0 Å². The summed E-state index contributed by atoms with van der Waals surface area (Å²) in [5, 5.41) is 0. The third-order valence-electron chi connectivity index (χ3n) is 0.814. The van der Waals surface area contributed by atoms with Crippen LogP contribution in [0.3, 0.4) is 0 Å². The molecule has 0 aliphatic carbocycles. The lowest BCUT2D eigenvalue weighted by Crippen LogP contribution is -2.65. The van der Waals surface area contributed by atoms with Crippen LogP contribution in [-0.2, 0) is 0 Å². The first-order chi connectivity index (χ1) is 2.50. The average molecular weight is 70.1 g/mol. The van der Waals surface area contributed by atoms with Crippen molar-refractivity contribution in [3.05, 3.63) is 0 Å². The van der Waals surface area contributed by atoms with Gasteiger partial charge in [0.2, 0.25) is 0 Å². The molecule has 0 saturated heterocycles. The minimum absolute atomic E-state index is 1.19. The summed E-state index contributed by atoms with van der Waals surface area (Å²) < 4.78 is 0. The van der Waals surface area contributed by atoms with Gasteiger partial charge in [0.05, 0.1) is 0 Å². The molecule has 5 heavy (non-hydrogen) atoms. The van der Waals surface area contributed by atoms with E-state index in [0.717, 1.165) is 0 Å². The Balaban J connectivity index is 2.32. The smallest absolute Gasteiger partial charge is 0.141 e. The second kappa shape index (κ2) is 1.20. The number of hydrogen-bond acceptors (Lipinski definition) is 0. The van der Waals surface area contributed by atoms with Gasteiger partial charge < -0.3 is 0 Å². The summed E-state index contributed by atoms with van der Waals surface area (Å²) in [7, 11) is 0. The molecule has 1 aliphatic heterocycles. The van der Waals surface area contributed by atoms with E-state index < -0.39 is 0 Å². The fraction of sp³-hybridized carbons (Fsp3) is 0.750. The van der Waals surface area contributed by atoms with Crippen molar-refractivity contribution in [1.82, 2.24) is 0 Å². The highest BCUT2D eigenvalue weighted by atomic mass is 14.7. The Hall–Kier alpha value is -0.330. The van der Waals surface area contributed by atoms with E-state index in [1.807, 2.05) is 0 Å². The lowest BCUT2D eigenvalue weighted by atomic mass is 10.4. The van der Waals surface area contributed by atoms with Gasteiger partial charge in [0.1, 0.15) is 12.8 Å². The molecule has 0 atom stereocenters. The summed E-state index contributed by atoms with van der Waals surface area (Å²) in [5.41, 5.74) is 0. The normalized spacial score (nSPS) is 20.8. The molecule has 0 unspecified atom stereocenters. The van der Waals surface area contributed by atoms with E-state index in [0.29, 0.717) is 0 Å². The van der Waals surface area contributed by atoms with Gasteiger partial charge in [-0.05, 0) is 0 Å². The summed E-state index contributed by atoms with van der Waals surface area (Å²) in [4.78, 5) is 3.10. The van der Waals surface area contributed by atoms with Gasteiger partial charge in [-0.15, -0.1) is 0 Å². The van der Waals surface area contributed by atoms with E-state index in [2.05, 4.69) is 11.2 Å². The van der Waals surface area contributed by atoms with Crippen LogP contribution in [0.25, 0.3) is 0 Å². The zero-order valence-corrected chi connectivity index (χ0v) is 3.20. The number of rotatable bonds is 0. The van der Waals surface area contributed by atoms with Crippen LogP contribution in [0.4, 0.5) is 0 Å². The monoisotopic (exact) mass is 70.1 g/mol. The predicted molar refractivity (Wildman–Crippen MR) is 21.1 cm³/mol. The molecule has 1 N–H and O–H groups in total. The highest BCUT2D eigenvalue weighted by molar-refractivity contribution is 5.50. The highest BCUT2D eigenvalue weighted by Crippen LogP contribution is 1.77. The zero-order valence-electron chi connectivity index (χ0n) is 3.20. The minimum Gasteiger partial charge on any atom is -0.252 e. The Morgan fingerprint density at radius 3 is 2.80 bits per heavy atom. The van der Waals surface area contributed by atoms with Crippen LogP contribution in [-0.4, -0.2) is 12.8 Å². The first-order valence-corrected chi connectivity index (χ1v) is 2.05. The SMILES string of the molecule is C1=[NH+]CCC1. The number of hydrogen-bond donors (Lipinski definition) is 1. The molecule has 0 aromatic rings. The molecule has 1 aliphatic rings. The van der Waals surface area contributed by atoms with E-state index in [9.17, 15) is 0 Å².